The summed E-state index contributed by atoms with van der Waals surface area (Å²) < 4.78 is 5.24. The van der Waals surface area contributed by atoms with Gasteiger partial charge in [-0.1, -0.05) is 54.6 Å². The predicted octanol–water partition coefficient (Wildman–Crippen LogP) is 10.4. The average molecular weight is 1040 g/mol. The number of H-pyrrole nitrogens is 1. The summed E-state index contributed by atoms with van der Waals surface area (Å²) in [5.74, 6) is 1.59. The van der Waals surface area contributed by atoms with Crippen LogP contribution < -0.4 is 45.5 Å². The van der Waals surface area contributed by atoms with Gasteiger partial charge in [-0.05, 0) is 114 Å². The number of nitrogens with one attached hydrogen (secondary N) is 1. The van der Waals surface area contributed by atoms with Crippen LogP contribution in [0.25, 0.3) is 116 Å². The molecule has 6 aromatic heterocycles. The number of pyridine rings is 2. The molecular formula is C60H43N15O4. The van der Waals surface area contributed by atoms with E-state index in [1.165, 1.54) is 12.1 Å². The van der Waals surface area contributed by atoms with Crippen molar-refractivity contribution in [3.05, 3.63) is 202 Å². The maximum Gasteiger partial charge on any atom is 0.264 e. The van der Waals surface area contributed by atoms with Gasteiger partial charge in [0.05, 0.1) is 68.0 Å². The molecule has 0 aliphatic heterocycles. The number of nitrogens with zero attached hydrogens (tertiary/aromatic N) is 8. The van der Waals surface area contributed by atoms with Gasteiger partial charge in [0.25, 0.3) is 11.1 Å². The number of aromatic amines is 1. The third-order valence-corrected chi connectivity index (χ3v) is 14.1. The Morgan fingerprint density at radius 1 is 0.494 bits per heavy atom. The fourth-order valence-electron chi connectivity index (χ4n) is 10.5. The number of aromatic hydroxyl groups is 1. The average Bonchev–Trinajstić information content (AvgIpc) is 4.48. The number of benzene rings is 9. The molecule has 0 atom stereocenters. The first-order chi connectivity index (χ1) is 38.3. The van der Waals surface area contributed by atoms with Crippen molar-refractivity contribution in [1.82, 2.24) is 38.3 Å². The number of fused-ring (bicyclic) bond motifs is 8. The monoisotopic (exact) mass is 1040 g/mol. The number of nitroso groups, excluding NO2 is 1. The summed E-state index contributed by atoms with van der Waals surface area (Å²) in [6.07, 6.45) is 3.69. The molecule has 0 unspecified atom stereocenters. The van der Waals surface area contributed by atoms with Crippen molar-refractivity contribution in [1.29, 1.82) is 0 Å². The lowest BCUT2D eigenvalue weighted by Crippen LogP contribution is -2.13. The second kappa shape index (κ2) is 18.1. The van der Waals surface area contributed by atoms with E-state index in [4.69, 9.17) is 39.4 Å². The molecule has 382 valence electrons. The molecule has 19 heteroatoms. The van der Waals surface area contributed by atoms with Gasteiger partial charge in [-0.25, -0.2) is 19.9 Å². The van der Waals surface area contributed by atoms with Gasteiger partial charge in [-0.3, -0.25) is 23.0 Å². The highest BCUT2D eigenvalue weighted by Crippen LogP contribution is 2.40. The smallest absolute Gasteiger partial charge is 0.264 e. The minimum absolute atomic E-state index is 0.0165. The van der Waals surface area contributed by atoms with Crippen LogP contribution in [0.1, 0.15) is 0 Å². The highest BCUT2D eigenvalue weighted by molar-refractivity contribution is 6.21. The van der Waals surface area contributed by atoms with Crippen LogP contribution in [0.4, 0.5) is 39.8 Å². The fraction of sp³-hybridized carbons (Fsp3) is 0. The standard InChI is InChI=1S/C24H20N6.C18H11N5O2.C18H12N4O2/c25-18-10-6-16(7-11-18)23-27-14-21(29-23)22-15-28-24(17-8-12-19(26)13-9-17)30(22)20-4-2-1-3-5-20;19-8-4-5-14-13(6-8)21-17-10-3-1-2-9-15(10)11(18(24)23(14)17)7-12(20)16(9)22-25;19-8-4-5-14-13(6-8)21-17-10-3-1-2-9-15(10)11(18(24)22(14)17)7-12(20)16(9)23/h1-15H,25-26H2,(H,27,29);1-7H,19-20H2;1-7,23H,19-20H2. The lowest BCUT2D eigenvalue weighted by atomic mass is 10.00. The number of nitrogens with two attached hydrogens (primary N) is 6. The number of para-hydroxylation sites is 1. The van der Waals surface area contributed by atoms with Crippen LogP contribution in [0.3, 0.4) is 0 Å². The molecule has 19 nitrogen and oxygen atoms in total. The normalized spacial score (nSPS) is 11.5. The van der Waals surface area contributed by atoms with E-state index in [2.05, 4.69) is 41.8 Å². The molecule has 0 spiro atoms. The van der Waals surface area contributed by atoms with E-state index in [0.717, 1.165) is 62.0 Å². The van der Waals surface area contributed by atoms with Crippen LogP contribution in [0.5, 0.6) is 5.75 Å². The Hall–Kier alpha value is -11.6. The molecule has 0 aliphatic carbocycles. The minimum atomic E-state index is -0.241. The predicted molar refractivity (Wildman–Crippen MR) is 316 cm³/mol. The topological polar surface area (TPSA) is 321 Å². The molecule has 0 saturated heterocycles. The summed E-state index contributed by atoms with van der Waals surface area (Å²) in [5, 5.41) is 18.1. The molecule has 9 aromatic carbocycles. The van der Waals surface area contributed by atoms with Gasteiger partial charge in [-0.2, -0.15) is 0 Å². The van der Waals surface area contributed by atoms with Crippen LogP contribution in [0.15, 0.2) is 191 Å². The molecule has 0 amide bonds. The molecule has 0 saturated carbocycles. The zero-order chi connectivity index (χ0) is 54.4. The number of aromatic nitrogens is 8. The Balaban J connectivity index is 0.000000113. The highest BCUT2D eigenvalue weighted by Gasteiger charge is 2.22. The van der Waals surface area contributed by atoms with E-state index in [-0.39, 0.29) is 33.9 Å². The van der Waals surface area contributed by atoms with E-state index in [9.17, 15) is 19.6 Å². The largest absolute Gasteiger partial charge is 0.505 e. The van der Waals surface area contributed by atoms with Gasteiger partial charge in [0, 0.05) is 71.9 Å². The Morgan fingerprint density at radius 3 is 1.59 bits per heavy atom. The maximum absolute atomic E-state index is 13.1. The van der Waals surface area contributed by atoms with Crippen LogP contribution in [-0.2, 0) is 0 Å². The number of hydrogen-bond donors (Lipinski definition) is 8. The SMILES string of the molecule is Nc1ccc(-c2ncc(-c3cnc(-c4ccc(N)cc4)n3-c3ccccc3)[nH]2)cc1.Nc1ccc2c(c1)nc1c3cccc4c(N=O)c(N)cc(c(=O)n21)c43.Nc1ccc2c(c1)nc1c3cccc4c(O)c(N)cc(c(=O)n21)c43. The molecule has 15 aromatic rings. The maximum atomic E-state index is 13.1. The molecular weight excluding hydrogens is 995 g/mol. The summed E-state index contributed by atoms with van der Waals surface area (Å²) in [6, 6.07) is 49.9. The Kier molecular flexibility index (Phi) is 10.8. The number of anilines is 6. The number of phenols is 1. The van der Waals surface area contributed by atoms with Gasteiger partial charge < -0.3 is 44.5 Å². The summed E-state index contributed by atoms with van der Waals surface area (Å²) >= 11 is 0. The number of nitrogen functional groups attached to an aromatic ring is 6. The van der Waals surface area contributed by atoms with E-state index < -0.39 is 0 Å². The molecule has 0 fully saturated rings. The molecule has 6 heterocycles. The van der Waals surface area contributed by atoms with E-state index in [1.54, 1.807) is 63.4 Å². The fourth-order valence-corrected chi connectivity index (χ4v) is 10.5. The van der Waals surface area contributed by atoms with E-state index in [1.807, 2.05) is 97.3 Å². The molecule has 79 heavy (non-hydrogen) atoms. The van der Waals surface area contributed by atoms with Gasteiger partial charge in [0.15, 0.2) is 0 Å². The van der Waals surface area contributed by atoms with Crippen LogP contribution in [0, 0.1) is 4.91 Å². The third-order valence-electron chi connectivity index (χ3n) is 14.1. The molecule has 14 N–H and O–H groups in total. The van der Waals surface area contributed by atoms with Crippen LogP contribution >= 0.6 is 0 Å². The van der Waals surface area contributed by atoms with E-state index >= 15 is 0 Å². The quantitative estimate of drug-likeness (QED) is 0.0452. The zero-order valence-electron chi connectivity index (χ0n) is 41.5. The van der Waals surface area contributed by atoms with Crippen molar-refractivity contribution in [2.45, 2.75) is 0 Å². The summed E-state index contributed by atoms with van der Waals surface area (Å²) in [7, 11) is 0. The van der Waals surface area contributed by atoms with Gasteiger partial charge >= 0.3 is 0 Å². The van der Waals surface area contributed by atoms with E-state index in [0.29, 0.717) is 77.1 Å². The lowest BCUT2D eigenvalue weighted by molar-refractivity contribution is 0.484. The van der Waals surface area contributed by atoms with Crippen molar-refractivity contribution in [2.24, 2.45) is 5.18 Å². The second-order valence-electron chi connectivity index (χ2n) is 18.9. The number of imidazole rings is 4. The van der Waals surface area contributed by atoms with Gasteiger partial charge in [0.1, 0.15) is 34.4 Å². The minimum Gasteiger partial charge on any atom is -0.505 e. The van der Waals surface area contributed by atoms with Crippen molar-refractivity contribution < 1.29 is 5.11 Å². The summed E-state index contributed by atoms with van der Waals surface area (Å²) in [6.45, 7) is 0. The molecule has 0 bridgehead atoms. The third kappa shape index (κ3) is 7.60. The summed E-state index contributed by atoms with van der Waals surface area (Å²) in [5.41, 5.74) is 46.3. The number of phenolic OH excluding ortho intramolecular Hbond substituents is 1. The van der Waals surface area contributed by atoms with Crippen molar-refractivity contribution >= 4 is 116 Å². The second-order valence-corrected chi connectivity index (χ2v) is 18.9. The zero-order valence-corrected chi connectivity index (χ0v) is 41.5. The molecule has 15 rings (SSSR count). The number of hydrogen-bond acceptors (Lipinski definition) is 15. The van der Waals surface area contributed by atoms with Gasteiger partial charge in [-0.15, -0.1) is 4.91 Å². The highest BCUT2D eigenvalue weighted by atomic mass is 16.3. The summed E-state index contributed by atoms with van der Waals surface area (Å²) in [4.78, 5) is 59.3. The number of rotatable bonds is 5. The Morgan fingerprint density at radius 2 is 1.01 bits per heavy atom. The van der Waals surface area contributed by atoms with Crippen LogP contribution in [0.2, 0.25) is 0 Å². The molecule has 0 aliphatic rings. The molecule has 0 radical (unpaired) electrons. The lowest BCUT2D eigenvalue weighted by Gasteiger charge is -2.12. The first-order valence-corrected chi connectivity index (χ1v) is 24.6. The van der Waals surface area contributed by atoms with Crippen molar-refractivity contribution in [3.63, 3.8) is 0 Å². The van der Waals surface area contributed by atoms with Gasteiger partial charge in [0.2, 0.25) is 0 Å². The Bertz CT molecular complexity index is 5050. The van der Waals surface area contributed by atoms with Crippen LogP contribution in [-0.4, -0.2) is 43.4 Å². The first-order valence-electron chi connectivity index (χ1n) is 24.6. The van der Waals surface area contributed by atoms with Crippen molar-refractivity contribution in [2.75, 3.05) is 34.4 Å². The first kappa shape index (κ1) is 47.1. The van der Waals surface area contributed by atoms with Crippen molar-refractivity contribution in [3.8, 4) is 45.6 Å². The Labute approximate surface area is 444 Å².